The van der Waals surface area contributed by atoms with Gasteiger partial charge in [0.1, 0.15) is 5.84 Å². The van der Waals surface area contributed by atoms with E-state index in [-0.39, 0.29) is 5.97 Å². The number of nitrogens with one attached hydrogen (secondary N) is 1. The van der Waals surface area contributed by atoms with Crippen LogP contribution in [0.4, 0.5) is 11.4 Å². The molecular weight excluding hydrogens is 300 g/mol. The van der Waals surface area contributed by atoms with E-state index in [0.29, 0.717) is 12.2 Å². The minimum atomic E-state index is -0.306. The summed E-state index contributed by atoms with van der Waals surface area (Å²) in [6, 6.07) is 19.5. The highest BCUT2D eigenvalue weighted by atomic mass is 16.5. The molecule has 3 aromatic rings. The van der Waals surface area contributed by atoms with Crippen LogP contribution in [0.5, 0.6) is 0 Å². The number of benzene rings is 3. The number of rotatable bonds is 3. The average molecular weight is 316 g/mol. The Bertz CT molecular complexity index is 954. The van der Waals surface area contributed by atoms with Gasteiger partial charge in [-0.2, -0.15) is 0 Å². The summed E-state index contributed by atoms with van der Waals surface area (Å²) >= 11 is 0. The molecule has 4 rings (SSSR count). The number of carbonyl (C=O) groups excluding carboxylic acids is 1. The molecule has 0 bridgehead atoms. The number of amidine groups is 1. The Morgan fingerprint density at radius 3 is 2.54 bits per heavy atom. The smallest absolute Gasteiger partial charge is 0.338 e. The van der Waals surface area contributed by atoms with Crippen molar-refractivity contribution in [3.05, 3.63) is 71.8 Å². The van der Waals surface area contributed by atoms with Crippen LogP contribution < -0.4 is 5.32 Å². The van der Waals surface area contributed by atoms with Crippen molar-refractivity contribution in [1.82, 2.24) is 0 Å². The van der Waals surface area contributed by atoms with E-state index >= 15 is 0 Å². The summed E-state index contributed by atoms with van der Waals surface area (Å²) in [7, 11) is 0. The first-order valence-corrected chi connectivity index (χ1v) is 7.91. The maximum Gasteiger partial charge on any atom is 0.338 e. The molecule has 4 nitrogen and oxygen atoms in total. The first-order valence-electron chi connectivity index (χ1n) is 7.91. The van der Waals surface area contributed by atoms with E-state index in [2.05, 4.69) is 23.5 Å². The molecule has 118 valence electrons. The molecular formula is C20H16N2O2. The zero-order valence-corrected chi connectivity index (χ0v) is 13.2. The summed E-state index contributed by atoms with van der Waals surface area (Å²) in [5.41, 5.74) is 3.50. The summed E-state index contributed by atoms with van der Waals surface area (Å²) < 4.78 is 5.00. The van der Waals surface area contributed by atoms with Gasteiger partial charge in [0.25, 0.3) is 0 Å². The fourth-order valence-electron chi connectivity index (χ4n) is 2.93. The van der Waals surface area contributed by atoms with Gasteiger partial charge in [-0.1, -0.05) is 30.3 Å². The van der Waals surface area contributed by atoms with E-state index < -0.39 is 0 Å². The summed E-state index contributed by atoms with van der Waals surface area (Å²) in [5, 5.41) is 5.70. The second kappa shape index (κ2) is 5.81. The largest absolute Gasteiger partial charge is 0.462 e. The van der Waals surface area contributed by atoms with Gasteiger partial charge in [0.15, 0.2) is 0 Å². The molecule has 1 N–H and O–H groups in total. The Kier molecular flexibility index (Phi) is 3.50. The summed E-state index contributed by atoms with van der Waals surface area (Å²) in [5.74, 6) is 0.519. The van der Waals surface area contributed by atoms with E-state index in [1.807, 2.05) is 30.3 Å². The number of esters is 1. The van der Waals surface area contributed by atoms with Crippen molar-refractivity contribution in [3.63, 3.8) is 0 Å². The number of ether oxygens (including phenoxy) is 1. The molecule has 0 fully saturated rings. The predicted octanol–water partition coefficient (Wildman–Crippen LogP) is 4.52. The van der Waals surface area contributed by atoms with E-state index in [0.717, 1.165) is 22.8 Å². The number of aliphatic imine (C=N–C) groups is 1. The molecule has 0 atom stereocenters. The van der Waals surface area contributed by atoms with Crippen molar-refractivity contribution >= 4 is 34.0 Å². The van der Waals surface area contributed by atoms with E-state index in [1.54, 1.807) is 19.1 Å². The zero-order valence-electron chi connectivity index (χ0n) is 13.2. The van der Waals surface area contributed by atoms with Gasteiger partial charge in [-0.15, -0.1) is 0 Å². The lowest BCUT2D eigenvalue weighted by molar-refractivity contribution is 0.0526. The zero-order chi connectivity index (χ0) is 16.5. The molecule has 0 aromatic heterocycles. The van der Waals surface area contributed by atoms with Crippen LogP contribution in [-0.4, -0.2) is 18.4 Å². The fourth-order valence-corrected chi connectivity index (χ4v) is 2.93. The number of nitrogens with zero attached hydrogens (tertiary/aromatic N) is 1. The van der Waals surface area contributed by atoms with Gasteiger partial charge in [0.05, 0.1) is 17.9 Å². The average Bonchev–Trinajstić information content (AvgIpc) is 2.96. The van der Waals surface area contributed by atoms with Gasteiger partial charge in [-0.05, 0) is 42.6 Å². The lowest BCUT2D eigenvalue weighted by Gasteiger charge is -2.08. The number of carbonyl (C=O) groups is 1. The van der Waals surface area contributed by atoms with Crippen LogP contribution in [0.15, 0.2) is 65.7 Å². The molecule has 0 unspecified atom stereocenters. The molecule has 1 aliphatic heterocycles. The van der Waals surface area contributed by atoms with Gasteiger partial charge < -0.3 is 10.1 Å². The van der Waals surface area contributed by atoms with Crippen LogP contribution in [0.3, 0.4) is 0 Å². The lowest BCUT2D eigenvalue weighted by atomic mass is 10.0. The molecule has 1 aliphatic rings. The Morgan fingerprint density at radius 2 is 1.79 bits per heavy atom. The summed E-state index contributed by atoms with van der Waals surface area (Å²) in [6.07, 6.45) is 0. The van der Waals surface area contributed by atoms with E-state index in [4.69, 9.17) is 9.73 Å². The van der Waals surface area contributed by atoms with E-state index in [1.165, 1.54) is 10.8 Å². The molecule has 0 saturated heterocycles. The number of anilines is 1. The molecule has 0 saturated carbocycles. The Hall–Kier alpha value is -3.14. The van der Waals surface area contributed by atoms with Crippen molar-refractivity contribution in [2.24, 2.45) is 4.99 Å². The Morgan fingerprint density at radius 1 is 1.04 bits per heavy atom. The van der Waals surface area contributed by atoms with Gasteiger partial charge in [-0.25, -0.2) is 9.79 Å². The minimum absolute atomic E-state index is 0.306. The topological polar surface area (TPSA) is 50.7 Å². The molecule has 0 spiro atoms. The number of hydrogen-bond donors (Lipinski definition) is 1. The highest BCUT2D eigenvalue weighted by molar-refractivity contribution is 6.23. The SMILES string of the molecule is CCOC(=O)c1ccc(NC2=Nc3cccc4cccc2c34)cc1. The van der Waals surface area contributed by atoms with Crippen molar-refractivity contribution in [1.29, 1.82) is 0 Å². The highest BCUT2D eigenvalue weighted by Gasteiger charge is 2.18. The third-order valence-corrected chi connectivity index (χ3v) is 4.03. The van der Waals surface area contributed by atoms with Crippen LogP contribution in [0, 0.1) is 0 Å². The van der Waals surface area contributed by atoms with Crippen LogP contribution in [0.25, 0.3) is 10.8 Å². The maximum absolute atomic E-state index is 11.7. The molecule has 0 amide bonds. The summed E-state index contributed by atoms with van der Waals surface area (Å²) in [6.45, 7) is 2.17. The first-order chi connectivity index (χ1) is 11.8. The molecule has 4 heteroatoms. The monoisotopic (exact) mass is 316 g/mol. The third kappa shape index (κ3) is 2.42. The van der Waals surface area contributed by atoms with Gasteiger partial charge in [0.2, 0.25) is 0 Å². The molecule has 0 radical (unpaired) electrons. The normalized spacial score (nSPS) is 12.1. The lowest BCUT2D eigenvalue weighted by Crippen LogP contribution is -2.11. The molecule has 24 heavy (non-hydrogen) atoms. The number of hydrogen-bond acceptors (Lipinski definition) is 4. The molecule has 3 aromatic carbocycles. The Balaban J connectivity index is 1.61. The highest BCUT2D eigenvalue weighted by Crippen LogP contribution is 2.35. The second-order valence-electron chi connectivity index (χ2n) is 5.56. The first kappa shape index (κ1) is 14.5. The molecule has 0 aliphatic carbocycles. The molecule has 1 heterocycles. The quantitative estimate of drug-likeness (QED) is 0.723. The maximum atomic E-state index is 11.7. The Labute approximate surface area is 139 Å². The minimum Gasteiger partial charge on any atom is -0.462 e. The van der Waals surface area contributed by atoms with E-state index in [9.17, 15) is 4.79 Å². The fraction of sp³-hybridized carbons (Fsp3) is 0.100. The van der Waals surface area contributed by atoms with Crippen LogP contribution in [0.2, 0.25) is 0 Å². The summed E-state index contributed by atoms with van der Waals surface area (Å²) in [4.78, 5) is 16.4. The standard InChI is InChI=1S/C20H16N2O2/c1-2-24-20(23)14-9-11-15(12-10-14)21-19-16-7-3-5-13-6-4-8-17(22-19)18(13)16/h3-12H,2H2,1H3,(H,21,22). The van der Waals surface area contributed by atoms with Crippen LogP contribution in [0.1, 0.15) is 22.8 Å². The van der Waals surface area contributed by atoms with Crippen LogP contribution in [-0.2, 0) is 4.74 Å². The third-order valence-electron chi connectivity index (χ3n) is 4.03. The van der Waals surface area contributed by atoms with Crippen molar-refractivity contribution < 1.29 is 9.53 Å². The van der Waals surface area contributed by atoms with Crippen LogP contribution >= 0.6 is 0 Å². The second-order valence-corrected chi connectivity index (χ2v) is 5.56. The van der Waals surface area contributed by atoms with Gasteiger partial charge in [-0.3, -0.25) is 0 Å². The van der Waals surface area contributed by atoms with Gasteiger partial charge >= 0.3 is 5.97 Å². The van der Waals surface area contributed by atoms with Crippen molar-refractivity contribution in [2.45, 2.75) is 6.92 Å². The predicted molar refractivity (Wildman–Crippen MR) is 96.2 cm³/mol. The van der Waals surface area contributed by atoms with Crippen molar-refractivity contribution in [3.8, 4) is 0 Å². The van der Waals surface area contributed by atoms with Gasteiger partial charge in [0, 0.05) is 16.6 Å². The van der Waals surface area contributed by atoms with Crippen molar-refractivity contribution in [2.75, 3.05) is 11.9 Å².